The molecule has 2 aromatic rings. The Morgan fingerprint density at radius 1 is 1.18 bits per heavy atom. The smallest absolute Gasteiger partial charge is 0.188 e. The van der Waals surface area contributed by atoms with Gasteiger partial charge in [-0.15, -0.1) is 0 Å². The summed E-state index contributed by atoms with van der Waals surface area (Å²) in [6.45, 7) is 0.150. The van der Waals surface area contributed by atoms with Crippen molar-refractivity contribution in [2.45, 2.75) is 0 Å². The summed E-state index contributed by atoms with van der Waals surface area (Å²) in [5.41, 5.74) is 0. The molecule has 0 bridgehead atoms. The number of fused-ring (bicyclic) bond motifs is 1. The van der Waals surface area contributed by atoms with Gasteiger partial charge in [-0.25, -0.2) is 0 Å². The van der Waals surface area contributed by atoms with Crippen LogP contribution in [0.3, 0.4) is 0 Å². The van der Waals surface area contributed by atoms with Crippen molar-refractivity contribution in [2.75, 3.05) is 21.0 Å². The number of ether oxygens (including phenoxy) is 3. The third-order valence-electron chi connectivity index (χ3n) is 2.45. The first-order chi connectivity index (χ1) is 8.27. The molecule has 0 aliphatic heterocycles. The lowest BCUT2D eigenvalue weighted by Gasteiger charge is -2.13. The van der Waals surface area contributed by atoms with E-state index in [1.807, 2.05) is 30.3 Å². The molecule has 0 unspecified atom stereocenters. The molecule has 2 rings (SSSR count). The summed E-state index contributed by atoms with van der Waals surface area (Å²) in [4.78, 5) is 0. The first-order valence-electron chi connectivity index (χ1n) is 5.15. The standard InChI is InChI=1S/C13H13ClO3/c1-15-8-17-13-10-6-4-3-5-9(10)7-11(16-2)12(13)14/h3-7H,8H2,1-2H3. The SMILES string of the molecule is COCOc1c(Cl)c(OC)cc2ccccc12. The molecule has 4 heteroatoms. The van der Waals surface area contributed by atoms with Crippen molar-refractivity contribution in [3.05, 3.63) is 35.4 Å². The van der Waals surface area contributed by atoms with E-state index in [2.05, 4.69) is 0 Å². The van der Waals surface area contributed by atoms with E-state index in [9.17, 15) is 0 Å². The second-order valence-corrected chi connectivity index (χ2v) is 3.87. The highest BCUT2D eigenvalue weighted by Crippen LogP contribution is 2.40. The molecule has 0 aromatic heterocycles. The van der Waals surface area contributed by atoms with E-state index in [1.54, 1.807) is 14.2 Å². The van der Waals surface area contributed by atoms with Gasteiger partial charge in [0.2, 0.25) is 0 Å². The van der Waals surface area contributed by atoms with Crippen LogP contribution >= 0.6 is 11.6 Å². The van der Waals surface area contributed by atoms with Crippen molar-refractivity contribution in [1.29, 1.82) is 0 Å². The van der Waals surface area contributed by atoms with Gasteiger partial charge in [0.05, 0.1) is 7.11 Å². The molecular formula is C13H13ClO3. The highest BCUT2D eigenvalue weighted by atomic mass is 35.5. The predicted molar refractivity (Wildman–Crippen MR) is 68.0 cm³/mol. The molecular weight excluding hydrogens is 240 g/mol. The minimum atomic E-state index is 0.150. The van der Waals surface area contributed by atoms with E-state index in [1.165, 1.54) is 0 Å². The van der Waals surface area contributed by atoms with Gasteiger partial charge in [0.15, 0.2) is 12.5 Å². The maximum absolute atomic E-state index is 6.22. The maximum atomic E-state index is 6.22. The molecule has 3 nitrogen and oxygen atoms in total. The average Bonchev–Trinajstić information content (AvgIpc) is 2.37. The van der Waals surface area contributed by atoms with Crippen molar-refractivity contribution < 1.29 is 14.2 Å². The lowest BCUT2D eigenvalue weighted by atomic mass is 10.1. The lowest BCUT2D eigenvalue weighted by Crippen LogP contribution is -2.00. The van der Waals surface area contributed by atoms with Crippen LogP contribution in [-0.2, 0) is 4.74 Å². The molecule has 0 fully saturated rings. The molecule has 0 amide bonds. The second-order valence-electron chi connectivity index (χ2n) is 3.49. The Kier molecular flexibility index (Phi) is 3.71. The fraction of sp³-hybridized carbons (Fsp3) is 0.231. The summed E-state index contributed by atoms with van der Waals surface area (Å²) in [5, 5.41) is 2.42. The van der Waals surface area contributed by atoms with Crippen LogP contribution in [0.15, 0.2) is 30.3 Å². The summed E-state index contributed by atoms with van der Waals surface area (Å²) >= 11 is 6.22. The Hall–Kier alpha value is -1.45. The van der Waals surface area contributed by atoms with Crippen LogP contribution in [0.1, 0.15) is 0 Å². The topological polar surface area (TPSA) is 27.7 Å². The summed E-state index contributed by atoms with van der Waals surface area (Å²) in [6.07, 6.45) is 0. The average molecular weight is 253 g/mol. The third kappa shape index (κ3) is 2.30. The second kappa shape index (κ2) is 5.25. The zero-order chi connectivity index (χ0) is 12.3. The van der Waals surface area contributed by atoms with Crippen LogP contribution in [0.25, 0.3) is 10.8 Å². The molecule has 17 heavy (non-hydrogen) atoms. The van der Waals surface area contributed by atoms with Crippen molar-refractivity contribution in [1.82, 2.24) is 0 Å². The number of halogens is 1. The number of benzene rings is 2. The lowest BCUT2D eigenvalue weighted by molar-refractivity contribution is 0.0522. The van der Waals surface area contributed by atoms with Gasteiger partial charge < -0.3 is 14.2 Å². The third-order valence-corrected chi connectivity index (χ3v) is 2.81. The summed E-state index contributed by atoms with van der Waals surface area (Å²) in [5.74, 6) is 1.18. The minimum Gasteiger partial charge on any atom is -0.495 e. The zero-order valence-corrected chi connectivity index (χ0v) is 10.5. The quantitative estimate of drug-likeness (QED) is 0.780. The minimum absolute atomic E-state index is 0.150. The largest absolute Gasteiger partial charge is 0.495 e. The van der Waals surface area contributed by atoms with Gasteiger partial charge in [-0.2, -0.15) is 0 Å². The number of methoxy groups -OCH3 is 2. The molecule has 0 radical (unpaired) electrons. The van der Waals surface area contributed by atoms with Gasteiger partial charge in [0.1, 0.15) is 10.8 Å². The monoisotopic (exact) mass is 252 g/mol. The van der Waals surface area contributed by atoms with Crippen LogP contribution in [0.4, 0.5) is 0 Å². The molecule has 0 aliphatic carbocycles. The molecule has 0 atom stereocenters. The molecule has 0 saturated heterocycles. The van der Waals surface area contributed by atoms with Crippen molar-refractivity contribution in [3.63, 3.8) is 0 Å². The molecule has 0 heterocycles. The van der Waals surface area contributed by atoms with E-state index in [0.717, 1.165) is 10.8 Å². The Morgan fingerprint density at radius 2 is 1.94 bits per heavy atom. The summed E-state index contributed by atoms with van der Waals surface area (Å²) in [7, 11) is 3.15. The zero-order valence-electron chi connectivity index (χ0n) is 9.70. The van der Waals surface area contributed by atoms with Crippen LogP contribution in [0.2, 0.25) is 5.02 Å². The van der Waals surface area contributed by atoms with Crippen LogP contribution < -0.4 is 9.47 Å². The molecule has 0 spiro atoms. The number of hydrogen-bond acceptors (Lipinski definition) is 3. The predicted octanol–water partition coefficient (Wildman–Crippen LogP) is 3.48. The molecule has 0 aliphatic rings. The Morgan fingerprint density at radius 3 is 2.65 bits per heavy atom. The molecule has 0 N–H and O–H groups in total. The van der Waals surface area contributed by atoms with Crippen molar-refractivity contribution >= 4 is 22.4 Å². The Balaban J connectivity index is 2.62. The van der Waals surface area contributed by atoms with Crippen LogP contribution in [0.5, 0.6) is 11.5 Å². The highest BCUT2D eigenvalue weighted by molar-refractivity contribution is 6.34. The van der Waals surface area contributed by atoms with Gasteiger partial charge in [-0.05, 0) is 11.5 Å². The van der Waals surface area contributed by atoms with E-state index >= 15 is 0 Å². The highest BCUT2D eigenvalue weighted by Gasteiger charge is 2.13. The summed E-state index contributed by atoms with van der Waals surface area (Å²) < 4.78 is 15.6. The van der Waals surface area contributed by atoms with E-state index in [4.69, 9.17) is 25.8 Å². The molecule has 0 saturated carbocycles. The number of hydrogen-bond donors (Lipinski definition) is 0. The van der Waals surface area contributed by atoms with E-state index in [0.29, 0.717) is 16.5 Å². The first kappa shape index (κ1) is 12.0. The van der Waals surface area contributed by atoms with Gasteiger partial charge >= 0.3 is 0 Å². The molecule has 2 aromatic carbocycles. The van der Waals surface area contributed by atoms with Crippen LogP contribution in [0, 0.1) is 0 Å². The normalized spacial score (nSPS) is 10.5. The van der Waals surface area contributed by atoms with Crippen molar-refractivity contribution in [2.24, 2.45) is 0 Å². The molecule has 90 valence electrons. The van der Waals surface area contributed by atoms with E-state index < -0.39 is 0 Å². The fourth-order valence-electron chi connectivity index (χ4n) is 1.67. The first-order valence-corrected chi connectivity index (χ1v) is 5.52. The number of rotatable bonds is 4. The van der Waals surface area contributed by atoms with E-state index in [-0.39, 0.29) is 6.79 Å². The van der Waals surface area contributed by atoms with Gasteiger partial charge in [0.25, 0.3) is 0 Å². The fourth-order valence-corrected chi connectivity index (χ4v) is 1.96. The summed E-state index contributed by atoms with van der Waals surface area (Å²) in [6, 6.07) is 9.71. The van der Waals surface area contributed by atoms with Crippen LogP contribution in [-0.4, -0.2) is 21.0 Å². The van der Waals surface area contributed by atoms with Gasteiger partial charge in [0, 0.05) is 12.5 Å². The maximum Gasteiger partial charge on any atom is 0.188 e. The Labute approximate surface area is 105 Å². The van der Waals surface area contributed by atoms with Crippen molar-refractivity contribution in [3.8, 4) is 11.5 Å². The van der Waals surface area contributed by atoms with Gasteiger partial charge in [-0.3, -0.25) is 0 Å². The Bertz CT molecular complexity index is 525. The van der Waals surface area contributed by atoms with Gasteiger partial charge in [-0.1, -0.05) is 35.9 Å².